The Morgan fingerprint density at radius 3 is 2.20 bits per heavy atom. The molecule has 0 radical (unpaired) electrons. The summed E-state index contributed by atoms with van der Waals surface area (Å²) in [4.78, 5) is 45.7. The number of nitrogens with zero attached hydrogens (tertiary/aromatic N) is 1. The van der Waals surface area contributed by atoms with Gasteiger partial charge in [0.1, 0.15) is 23.0 Å². The zero-order chi connectivity index (χ0) is 28.5. The number of carbonyl (C=O) groups excluding carboxylic acids is 3. The molecule has 1 spiro atoms. The van der Waals surface area contributed by atoms with Crippen LogP contribution in [0.2, 0.25) is 5.02 Å². The average Bonchev–Trinajstić information content (AvgIpc) is 3.43. The van der Waals surface area contributed by atoms with E-state index >= 15 is 0 Å². The van der Waals surface area contributed by atoms with Gasteiger partial charge in [-0.3, -0.25) is 14.4 Å². The number of rotatable bonds is 4. The lowest BCUT2D eigenvalue weighted by Gasteiger charge is -2.37. The Balaban J connectivity index is 1.54. The SMILES string of the molecule is COc1ccc([C@H]2[C@H](C(=O)c3ccc(Cl)cc3)N3c4ccc(F)cc4C=C[C@H]3C23C(=O)c2ccccc2C3=O)cc1. The van der Waals surface area contributed by atoms with Crippen LogP contribution in [0.1, 0.15) is 48.1 Å². The van der Waals surface area contributed by atoms with Gasteiger partial charge in [0.05, 0.1) is 13.2 Å². The molecule has 7 heteroatoms. The van der Waals surface area contributed by atoms with E-state index < -0.39 is 29.2 Å². The molecule has 4 aromatic rings. The fourth-order valence-corrected chi connectivity index (χ4v) is 7.04. The van der Waals surface area contributed by atoms with Crippen LogP contribution in [0.4, 0.5) is 10.1 Å². The van der Waals surface area contributed by atoms with Crippen LogP contribution in [-0.4, -0.2) is 36.5 Å². The van der Waals surface area contributed by atoms with Crippen molar-refractivity contribution in [2.75, 3.05) is 12.0 Å². The van der Waals surface area contributed by atoms with Crippen molar-refractivity contribution in [3.63, 3.8) is 0 Å². The van der Waals surface area contributed by atoms with Crippen LogP contribution in [0.15, 0.2) is 97.1 Å². The maximum absolute atomic E-state index is 14.6. The molecule has 2 aliphatic heterocycles. The lowest BCUT2D eigenvalue weighted by molar-refractivity contribution is 0.0666. The molecule has 0 aromatic heterocycles. The van der Waals surface area contributed by atoms with Gasteiger partial charge in [-0.25, -0.2) is 4.39 Å². The monoisotopic (exact) mass is 563 g/mol. The minimum atomic E-state index is -1.63. The molecular weight excluding hydrogens is 541 g/mol. The van der Waals surface area contributed by atoms with E-state index in [0.29, 0.717) is 44.3 Å². The first kappa shape index (κ1) is 25.4. The zero-order valence-corrected chi connectivity index (χ0v) is 22.6. The van der Waals surface area contributed by atoms with Crippen LogP contribution in [0.5, 0.6) is 5.75 Å². The fraction of sp³-hybridized carbons (Fsp3) is 0.147. The third kappa shape index (κ3) is 3.50. The van der Waals surface area contributed by atoms with Crippen molar-refractivity contribution >= 4 is 40.7 Å². The molecule has 41 heavy (non-hydrogen) atoms. The first-order chi connectivity index (χ1) is 19.9. The van der Waals surface area contributed by atoms with Crippen molar-refractivity contribution in [1.29, 1.82) is 0 Å². The van der Waals surface area contributed by atoms with E-state index in [1.54, 1.807) is 86.0 Å². The average molecular weight is 564 g/mol. The van der Waals surface area contributed by atoms with Crippen LogP contribution in [0.3, 0.4) is 0 Å². The summed E-state index contributed by atoms with van der Waals surface area (Å²) in [5, 5.41) is 0.479. The molecule has 4 aromatic carbocycles. The molecule has 0 unspecified atom stereocenters. The third-order valence-electron chi connectivity index (χ3n) is 8.64. The number of halogens is 2. The number of hydrogen-bond acceptors (Lipinski definition) is 5. The van der Waals surface area contributed by atoms with Crippen LogP contribution in [0, 0.1) is 11.2 Å². The molecule has 7 rings (SSSR count). The minimum Gasteiger partial charge on any atom is -0.497 e. The van der Waals surface area contributed by atoms with Crippen molar-refractivity contribution in [2.45, 2.75) is 18.0 Å². The summed E-state index contributed by atoms with van der Waals surface area (Å²) in [6.45, 7) is 0. The quantitative estimate of drug-likeness (QED) is 0.202. The van der Waals surface area contributed by atoms with E-state index in [2.05, 4.69) is 0 Å². The van der Waals surface area contributed by atoms with Crippen molar-refractivity contribution in [3.05, 3.63) is 136 Å². The van der Waals surface area contributed by atoms with E-state index in [4.69, 9.17) is 16.3 Å². The van der Waals surface area contributed by atoms with Gasteiger partial charge in [0.2, 0.25) is 0 Å². The summed E-state index contributed by atoms with van der Waals surface area (Å²) in [5.74, 6) is -1.60. The number of hydrogen-bond donors (Lipinski definition) is 0. The summed E-state index contributed by atoms with van der Waals surface area (Å²) in [6, 6.07) is 23.1. The first-order valence-corrected chi connectivity index (χ1v) is 13.6. The zero-order valence-electron chi connectivity index (χ0n) is 21.9. The number of anilines is 1. The van der Waals surface area contributed by atoms with Gasteiger partial charge >= 0.3 is 0 Å². The van der Waals surface area contributed by atoms with Crippen LogP contribution < -0.4 is 9.64 Å². The summed E-state index contributed by atoms with van der Waals surface area (Å²) in [5.41, 5.74) is 1.24. The third-order valence-corrected chi connectivity index (χ3v) is 8.89. The lowest BCUT2D eigenvalue weighted by Crippen LogP contribution is -2.48. The van der Waals surface area contributed by atoms with Gasteiger partial charge in [-0.2, -0.15) is 0 Å². The van der Waals surface area contributed by atoms with Gasteiger partial charge in [0, 0.05) is 38.9 Å². The summed E-state index contributed by atoms with van der Waals surface area (Å²) in [7, 11) is 1.56. The van der Waals surface area contributed by atoms with E-state index in [-0.39, 0.29) is 17.3 Å². The van der Waals surface area contributed by atoms with Crippen molar-refractivity contribution in [1.82, 2.24) is 0 Å². The highest BCUT2D eigenvalue weighted by molar-refractivity contribution is 6.32. The highest BCUT2D eigenvalue weighted by Gasteiger charge is 2.71. The number of fused-ring (bicyclic) bond motifs is 5. The second-order valence-electron chi connectivity index (χ2n) is 10.6. The molecule has 1 fully saturated rings. The van der Waals surface area contributed by atoms with Gasteiger partial charge in [-0.05, 0) is 60.2 Å². The number of methoxy groups -OCH3 is 1. The molecule has 3 atom stereocenters. The fourth-order valence-electron chi connectivity index (χ4n) is 6.92. The highest BCUT2D eigenvalue weighted by atomic mass is 35.5. The molecule has 202 valence electrons. The molecule has 1 saturated heterocycles. The standard InChI is InChI=1S/C34H23ClFNO4/c1-41-24-14-8-19(9-15-24)29-30(31(38)20-6-11-22(35)12-7-20)37-27-16-13-23(36)18-21(27)10-17-28(37)34(29)32(39)25-4-2-3-5-26(25)33(34)40/h2-18,28-30H,1H3/t28-,29-,30+/m0/s1. The summed E-state index contributed by atoms with van der Waals surface area (Å²) in [6.07, 6.45) is 3.51. The number of ketones is 3. The van der Waals surface area contributed by atoms with Crippen LogP contribution >= 0.6 is 11.6 Å². The van der Waals surface area contributed by atoms with E-state index in [9.17, 15) is 18.8 Å². The molecular formula is C34H23ClFNO4. The normalized spacial score (nSPS) is 21.5. The van der Waals surface area contributed by atoms with Gasteiger partial charge in [-0.1, -0.05) is 60.2 Å². The maximum Gasteiger partial charge on any atom is 0.185 e. The van der Waals surface area contributed by atoms with Crippen molar-refractivity contribution in [3.8, 4) is 5.75 Å². The summed E-state index contributed by atoms with van der Waals surface area (Å²) < 4.78 is 19.7. The number of benzene rings is 4. The predicted octanol–water partition coefficient (Wildman–Crippen LogP) is 6.80. The summed E-state index contributed by atoms with van der Waals surface area (Å²) >= 11 is 6.14. The molecule has 2 heterocycles. The number of carbonyl (C=O) groups is 3. The van der Waals surface area contributed by atoms with Gasteiger partial charge < -0.3 is 9.64 Å². The highest BCUT2D eigenvalue weighted by Crippen LogP contribution is 2.61. The predicted molar refractivity (Wildman–Crippen MR) is 155 cm³/mol. The Morgan fingerprint density at radius 1 is 0.902 bits per heavy atom. The Hall–Kier alpha value is -4.55. The Kier molecular flexibility index (Phi) is 5.73. The first-order valence-electron chi connectivity index (χ1n) is 13.2. The maximum atomic E-state index is 14.6. The van der Waals surface area contributed by atoms with E-state index in [0.717, 1.165) is 0 Å². The van der Waals surface area contributed by atoms with Crippen molar-refractivity contribution < 1.29 is 23.5 Å². The molecule has 0 bridgehead atoms. The smallest absolute Gasteiger partial charge is 0.185 e. The van der Waals surface area contributed by atoms with E-state index in [1.807, 2.05) is 17.0 Å². The van der Waals surface area contributed by atoms with Gasteiger partial charge in [-0.15, -0.1) is 0 Å². The molecule has 0 saturated carbocycles. The second-order valence-corrected chi connectivity index (χ2v) is 11.0. The van der Waals surface area contributed by atoms with Gasteiger partial charge in [0.25, 0.3) is 0 Å². The largest absolute Gasteiger partial charge is 0.497 e. The van der Waals surface area contributed by atoms with E-state index in [1.165, 1.54) is 12.1 Å². The molecule has 0 N–H and O–H groups in total. The molecule has 0 amide bonds. The lowest BCUT2D eigenvalue weighted by atomic mass is 9.64. The van der Waals surface area contributed by atoms with Gasteiger partial charge in [0.15, 0.2) is 17.3 Å². The molecule has 3 aliphatic rings. The second kappa shape index (κ2) is 9.25. The molecule has 5 nitrogen and oxygen atoms in total. The number of Topliss-reactive ketones (excluding diaryl/α,β-unsaturated/α-hetero) is 3. The van der Waals surface area contributed by atoms with Crippen molar-refractivity contribution in [2.24, 2.45) is 5.41 Å². The Labute approximate surface area is 240 Å². The topological polar surface area (TPSA) is 63.7 Å². The Bertz CT molecular complexity index is 1740. The number of ether oxygens (including phenoxy) is 1. The Morgan fingerprint density at radius 2 is 1.56 bits per heavy atom. The van der Waals surface area contributed by atoms with Crippen LogP contribution in [-0.2, 0) is 0 Å². The van der Waals surface area contributed by atoms with Crippen LogP contribution in [0.25, 0.3) is 6.08 Å². The minimum absolute atomic E-state index is 0.272. The molecule has 1 aliphatic carbocycles.